The van der Waals surface area contributed by atoms with E-state index in [1.807, 2.05) is 60.7 Å². The fourth-order valence-electron chi connectivity index (χ4n) is 7.77. The highest BCUT2D eigenvalue weighted by Crippen LogP contribution is 2.46. The minimum absolute atomic E-state index is 0.0561. The van der Waals surface area contributed by atoms with Gasteiger partial charge in [-0.3, -0.25) is 0 Å². The molecular formula is C53H46N4. The molecule has 0 bridgehead atoms. The molecule has 0 unspecified atom stereocenters. The van der Waals surface area contributed by atoms with E-state index in [2.05, 4.69) is 155 Å². The lowest BCUT2D eigenvalue weighted by Gasteiger charge is -2.22. The van der Waals surface area contributed by atoms with Crippen LogP contribution in [0.25, 0.3) is 83.9 Å². The first-order valence-electron chi connectivity index (χ1n) is 19.8. The molecule has 278 valence electrons. The SMILES string of the molecule is CC(C)(C)c1cc(-c2ccccc2)c2c(c1)c1cc(C(C)(C)C)cc(-c3ccccc3)c1n2-c1ccc(-c2nc(-c3ccccc3)nc(-c3ccccc3)n2)cc1. The molecule has 0 spiro atoms. The first-order chi connectivity index (χ1) is 27.5. The minimum atomic E-state index is -0.0561. The summed E-state index contributed by atoms with van der Waals surface area (Å²) in [6.07, 6.45) is 0. The monoisotopic (exact) mass is 738 g/mol. The van der Waals surface area contributed by atoms with Gasteiger partial charge in [0.2, 0.25) is 0 Å². The molecule has 4 heteroatoms. The summed E-state index contributed by atoms with van der Waals surface area (Å²) >= 11 is 0. The molecule has 0 amide bonds. The van der Waals surface area contributed by atoms with Gasteiger partial charge in [-0.2, -0.15) is 0 Å². The third kappa shape index (κ3) is 6.82. The van der Waals surface area contributed by atoms with Crippen LogP contribution < -0.4 is 0 Å². The fraction of sp³-hybridized carbons (Fsp3) is 0.151. The lowest BCUT2D eigenvalue weighted by Crippen LogP contribution is -2.11. The Kier molecular flexibility index (Phi) is 8.93. The van der Waals surface area contributed by atoms with Crippen LogP contribution in [-0.2, 0) is 10.8 Å². The van der Waals surface area contributed by atoms with E-state index in [0.717, 1.165) is 22.4 Å². The first-order valence-corrected chi connectivity index (χ1v) is 19.8. The maximum atomic E-state index is 5.04. The highest BCUT2D eigenvalue weighted by molar-refractivity contribution is 6.18. The Morgan fingerprint density at radius 2 is 0.667 bits per heavy atom. The molecule has 2 aromatic heterocycles. The molecule has 9 aromatic rings. The van der Waals surface area contributed by atoms with Gasteiger partial charge in [-0.05, 0) is 81.6 Å². The Hall–Kier alpha value is -6.65. The summed E-state index contributed by atoms with van der Waals surface area (Å²) in [5.74, 6) is 1.93. The molecule has 2 heterocycles. The standard InChI is InChI=1S/C53H46N4/c1-52(2,3)40-31-43(35-19-11-7-12-20-35)47-45(33-40)46-34-41(53(4,5)6)32-44(36-21-13-8-14-22-36)48(46)57(47)42-29-27-39(28-30-42)51-55-49(37-23-15-9-16-24-37)54-50(56-51)38-25-17-10-18-26-38/h7-34H,1-6H3. The first kappa shape index (κ1) is 36.0. The van der Waals surface area contributed by atoms with Gasteiger partial charge >= 0.3 is 0 Å². The Morgan fingerprint density at radius 1 is 0.351 bits per heavy atom. The molecule has 0 N–H and O–H groups in total. The lowest BCUT2D eigenvalue weighted by molar-refractivity contribution is 0.590. The number of fused-ring (bicyclic) bond motifs is 3. The molecule has 4 nitrogen and oxygen atoms in total. The van der Waals surface area contributed by atoms with Crippen LogP contribution in [0.5, 0.6) is 0 Å². The van der Waals surface area contributed by atoms with Gasteiger partial charge in [-0.1, -0.05) is 163 Å². The number of rotatable bonds is 6. The highest BCUT2D eigenvalue weighted by atomic mass is 15.0. The van der Waals surface area contributed by atoms with Crippen LogP contribution in [0.2, 0.25) is 0 Å². The molecule has 7 aromatic carbocycles. The molecule has 0 saturated carbocycles. The van der Waals surface area contributed by atoms with Gasteiger partial charge in [0, 0.05) is 44.3 Å². The second-order valence-electron chi connectivity index (χ2n) is 17.0. The summed E-state index contributed by atoms with van der Waals surface area (Å²) in [5, 5.41) is 2.50. The maximum Gasteiger partial charge on any atom is 0.164 e. The Balaban J connectivity index is 1.34. The molecule has 0 atom stereocenters. The molecular weight excluding hydrogens is 693 g/mol. The summed E-state index contributed by atoms with van der Waals surface area (Å²) in [4.78, 5) is 15.0. The summed E-state index contributed by atoms with van der Waals surface area (Å²) in [6, 6.07) is 60.4. The van der Waals surface area contributed by atoms with Crippen molar-refractivity contribution in [3.63, 3.8) is 0 Å². The van der Waals surface area contributed by atoms with E-state index in [1.54, 1.807) is 0 Å². The molecule has 9 rings (SSSR count). The molecule has 0 fully saturated rings. The van der Waals surface area contributed by atoms with E-state index in [-0.39, 0.29) is 10.8 Å². The summed E-state index contributed by atoms with van der Waals surface area (Å²) in [7, 11) is 0. The van der Waals surface area contributed by atoms with Gasteiger partial charge in [0.25, 0.3) is 0 Å². The number of hydrogen-bond acceptors (Lipinski definition) is 3. The van der Waals surface area contributed by atoms with Crippen molar-refractivity contribution in [1.29, 1.82) is 0 Å². The van der Waals surface area contributed by atoms with Crippen LogP contribution in [0.4, 0.5) is 0 Å². The molecule has 0 aliphatic rings. The number of benzene rings is 7. The van der Waals surface area contributed by atoms with Gasteiger partial charge in [-0.15, -0.1) is 0 Å². The predicted molar refractivity (Wildman–Crippen MR) is 239 cm³/mol. The van der Waals surface area contributed by atoms with Crippen molar-refractivity contribution in [2.45, 2.75) is 52.4 Å². The van der Waals surface area contributed by atoms with E-state index in [4.69, 9.17) is 15.0 Å². The molecule has 0 radical (unpaired) electrons. The smallest absolute Gasteiger partial charge is 0.164 e. The summed E-state index contributed by atoms with van der Waals surface area (Å²) in [6.45, 7) is 13.9. The third-order valence-electron chi connectivity index (χ3n) is 10.9. The zero-order valence-corrected chi connectivity index (χ0v) is 33.5. The zero-order chi connectivity index (χ0) is 39.3. The second-order valence-corrected chi connectivity index (χ2v) is 17.0. The van der Waals surface area contributed by atoms with E-state index >= 15 is 0 Å². The van der Waals surface area contributed by atoms with E-state index in [1.165, 1.54) is 55.2 Å². The highest BCUT2D eigenvalue weighted by Gasteiger charge is 2.26. The third-order valence-corrected chi connectivity index (χ3v) is 10.9. The van der Waals surface area contributed by atoms with Crippen LogP contribution in [0.15, 0.2) is 170 Å². The molecule has 0 aliphatic carbocycles. The van der Waals surface area contributed by atoms with Crippen molar-refractivity contribution in [3.8, 4) is 62.1 Å². The quantitative estimate of drug-likeness (QED) is 0.171. The predicted octanol–water partition coefficient (Wildman–Crippen LogP) is 13.9. The number of hydrogen-bond donors (Lipinski definition) is 0. The maximum absolute atomic E-state index is 5.04. The van der Waals surface area contributed by atoms with E-state index < -0.39 is 0 Å². The van der Waals surface area contributed by atoms with Crippen molar-refractivity contribution < 1.29 is 0 Å². The largest absolute Gasteiger partial charge is 0.308 e. The van der Waals surface area contributed by atoms with Crippen molar-refractivity contribution in [2.24, 2.45) is 0 Å². The Morgan fingerprint density at radius 3 is 1.00 bits per heavy atom. The van der Waals surface area contributed by atoms with Gasteiger partial charge in [-0.25, -0.2) is 15.0 Å². The van der Waals surface area contributed by atoms with Crippen molar-refractivity contribution in [2.75, 3.05) is 0 Å². The van der Waals surface area contributed by atoms with Gasteiger partial charge < -0.3 is 4.57 Å². The average molecular weight is 739 g/mol. The number of nitrogens with zero attached hydrogens (tertiary/aromatic N) is 4. The van der Waals surface area contributed by atoms with Crippen LogP contribution >= 0.6 is 0 Å². The van der Waals surface area contributed by atoms with Gasteiger partial charge in [0.05, 0.1) is 11.0 Å². The van der Waals surface area contributed by atoms with Crippen molar-refractivity contribution in [1.82, 2.24) is 19.5 Å². The summed E-state index contributed by atoms with van der Waals surface area (Å²) in [5.41, 5.74) is 13.6. The Labute approximate surface area is 335 Å². The average Bonchev–Trinajstić information content (AvgIpc) is 3.58. The van der Waals surface area contributed by atoms with E-state index in [9.17, 15) is 0 Å². The molecule has 0 aliphatic heterocycles. The van der Waals surface area contributed by atoms with Crippen molar-refractivity contribution >= 4 is 21.8 Å². The van der Waals surface area contributed by atoms with E-state index in [0.29, 0.717) is 17.5 Å². The normalized spacial score (nSPS) is 12.0. The summed E-state index contributed by atoms with van der Waals surface area (Å²) < 4.78 is 2.50. The lowest BCUT2D eigenvalue weighted by atomic mass is 9.82. The zero-order valence-electron chi connectivity index (χ0n) is 33.5. The minimum Gasteiger partial charge on any atom is -0.308 e. The van der Waals surface area contributed by atoms with Crippen LogP contribution in [0.1, 0.15) is 52.7 Å². The Bertz CT molecular complexity index is 2690. The second kappa shape index (κ2) is 14.1. The fourth-order valence-corrected chi connectivity index (χ4v) is 7.77. The number of aromatic nitrogens is 4. The van der Waals surface area contributed by atoms with Crippen LogP contribution in [0, 0.1) is 0 Å². The van der Waals surface area contributed by atoms with Crippen LogP contribution in [-0.4, -0.2) is 19.5 Å². The van der Waals surface area contributed by atoms with Crippen LogP contribution in [0.3, 0.4) is 0 Å². The van der Waals surface area contributed by atoms with Crippen molar-refractivity contribution in [3.05, 3.63) is 181 Å². The topological polar surface area (TPSA) is 43.6 Å². The molecule has 57 heavy (non-hydrogen) atoms. The van der Waals surface area contributed by atoms with Gasteiger partial charge in [0.15, 0.2) is 17.5 Å². The van der Waals surface area contributed by atoms with Gasteiger partial charge in [0.1, 0.15) is 0 Å². The molecule has 0 saturated heterocycles.